The standard InChI is InChI=1S/C12H10BrIS/c13-11(7-9-5-6-15-8-9)10-3-1-2-4-12(10)14/h1-6,8,11H,7H2. The summed E-state index contributed by atoms with van der Waals surface area (Å²) in [6.07, 6.45) is 1.06. The summed E-state index contributed by atoms with van der Waals surface area (Å²) in [5.41, 5.74) is 2.78. The molecule has 1 aromatic carbocycles. The smallest absolute Gasteiger partial charge is 0.0446 e. The first-order chi connectivity index (χ1) is 7.27. The Bertz CT molecular complexity index is 425. The number of alkyl halides is 1. The van der Waals surface area contributed by atoms with Gasteiger partial charge in [-0.05, 0) is 63.0 Å². The first-order valence-corrected chi connectivity index (χ1v) is 7.60. The van der Waals surface area contributed by atoms with Gasteiger partial charge in [-0.15, -0.1) is 0 Å². The van der Waals surface area contributed by atoms with E-state index in [2.05, 4.69) is 79.6 Å². The Morgan fingerprint density at radius 1 is 1.27 bits per heavy atom. The molecule has 0 fully saturated rings. The van der Waals surface area contributed by atoms with Gasteiger partial charge in [0.25, 0.3) is 0 Å². The van der Waals surface area contributed by atoms with E-state index in [9.17, 15) is 0 Å². The lowest BCUT2D eigenvalue weighted by molar-refractivity contribution is 0.948. The summed E-state index contributed by atoms with van der Waals surface area (Å²) in [6.45, 7) is 0. The van der Waals surface area contributed by atoms with Gasteiger partial charge in [-0.2, -0.15) is 11.3 Å². The normalized spacial score (nSPS) is 12.7. The number of hydrogen-bond acceptors (Lipinski definition) is 1. The van der Waals surface area contributed by atoms with Crippen LogP contribution in [0.4, 0.5) is 0 Å². The molecule has 2 rings (SSSR count). The van der Waals surface area contributed by atoms with Crippen molar-refractivity contribution in [2.24, 2.45) is 0 Å². The Kier molecular flexibility index (Phi) is 4.22. The number of halogens is 2. The summed E-state index contributed by atoms with van der Waals surface area (Å²) in [4.78, 5) is 0.417. The third kappa shape index (κ3) is 3.04. The summed E-state index contributed by atoms with van der Waals surface area (Å²) in [5, 5.41) is 4.34. The third-order valence-corrected chi connectivity index (χ3v) is 4.77. The zero-order chi connectivity index (χ0) is 10.7. The largest absolute Gasteiger partial charge is 0.152 e. The Balaban J connectivity index is 2.15. The predicted octanol–water partition coefficient (Wildman–Crippen LogP) is 5.03. The quantitative estimate of drug-likeness (QED) is 0.507. The van der Waals surface area contributed by atoms with Gasteiger partial charge in [0.05, 0.1) is 0 Å². The Morgan fingerprint density at radius 3 is 2.73 bits per heavy atom. The molecule has 0 saturated carbocycles. The molecule has 0 aliphatic heterocycles. The molecule has 0 aliphatic rings. The van der Waals surface area contributed by atoms with Crippen molar-refractivity contribution in [1.29, 1.82) is 0 Å². The van der Waals surface area contributed by atoms with E-state index in [-0.39, 0.29) is 0 Å². The summed E-state index contributed by atoms with van der Waals surface area (Å²) >= 11 is 7.91. The van der Waals surface area contributed by atoms with Gasteiger partial charge in [-0.1, -0.05) is 34.1 Å². The lowest BCUT2D eigenvalue weighted by Gasteiger charge is -2.10. The second-order valence-electron chi connectivity index (χ2n) is 3.32. The maximum Gasteiger partial charge on any atom is 0.0446 e. The van der Waals surface area contributed by atoms with Crippen LogP contribution < -0.4 is 0 Å². The predicted molar refractivity (Wildman–Crippen MR) is 78.9 cm³/mol. The maximum absolute atomic E-state index is 3.76. The first kappa shape index (κ1) is 11.6. The van der Waals surface area contributed by atoms with Crippen LogP contribution in [0.5, 0.6) is 0 Å². The molecule has 0 spiro atoms. The molecule has 0 amide bonds. The van der Waals surface area contributed by atoms with Crippen molar-refractivity contribution in [3.05, 3.63) is 55.8 Å². The van der Waals surface area contributed by atoms with E-state index in [1.807, 2.05) is 0 Å². The molecule has 2 aromatic rings. The molecular formula is C12H10BrIS. The van der Waals surface area contributed by atoms with Crippen LogP contribution in [-0.2, 0) is 6.42 Å². The average Bonchev–Trinajstić information content (AvgIpc) is 2.71. The highest BCUT2D eigenvalue weighted by atomic mass is 127. The topological polar surface area (TPSA) is 0 Å². The van der Waals surface area contributed by atoms with Crippen LogP contribution in [0.2, 0.25) is 0 Å². The molecule has 0 saturated heterocycles. The highest BCUT2D eigenvalue weighted by Gasteiger charge is 2.11. The van der Waals surface area contributed by atoms with Crippen molar-refractivity contribution in [3.63, 3.8) is 0 Å². The van der Waals surface area contributed by atoms with Crippen LogP contribution in [-0.4, -0.2) is 0 Å². The molecule has 1 heterocycles. The zero-order valence-corrected chi connectivity index (χ0v) is 12.6. The summed E-state index contributed by atoms with van der Waals surface area (Å²) < 4.78 is 1.33. The molecule has 0 aliphatic carbocycles. The molecule has 1 unspecified atom stereocenters. The molecule has 0 bridgehead atoms. The maximum atomic E-state index is 3.76. The van der Waals surface area contributed by atoms with Gasteiger partial charge in [0.15, 0.2) is 0 Å². The van der Waals surface area contributed by atoms with Crippen LogP contribution in [0.15, 0.2) is 41.1 Å². The van der Waals surface area contributed by atoms with Crippen LogP contribution in [0, 0.1) is 3.57 Å². The van der Waals surface area contributed by atoms with E-state index in [0.717, 1.165) is 6.42 Å². The van der Waals surface area contributed by atoms with Crippen LogP contribution in [0.1, 0.15) is 16.0 Å². The molecule has 1 atom stereocenters. The first-order valence-electron chi connectivity index (χ1n) is 4.67. The zero-order valence-electron chi connectivity index (χ0n) is 7.99. The van der Waals surface area contributed by atoms with E-state index < -0.39 is 0 Å². The van der Waals surface area contributed by atoms with Crippen molar-refractivity contribution in [2.45, 2.75) is 11.2 Å². The monoisotopic (exact) mass is 392 g/mol. The van der Waals surface area contributed by atoms with Gasteiger partial charge in [0.1, 0.15) is 0 Å². The van der Waals surface area contributed by atoms with Gasteiger partial charge in [0.2, 0.25) is 0 Å². The van der Waals surface area contributed by atoms with E-state index >= 15 is 0 Å². The molecule has 78 valence electrons. The van der Waals surface area contributed by atoms with Gasteiger partial charge in [0, 0.05) is 8.40 Å². The van der Waals surface area contributed by atoms with E-state index in [0.29, 0.717) is 4.83 Å². The molecule has 0 N–H and O–H groups in total. The SMILES string of the molecule is BrC(Cc1ccsc1)c1ccccc1I. The van der Waals surface area contributed by atoms with Crippen LogP contribution in [0.25, 0.3) is 0 Å². The number of hydrogen-bond donors (Lipinski definition) is 0. The highest BCUT2D eigenvalue weighted by Crippen LogP contribution is 2.30. The molecular weight excluding hydrogens is 383 g/mol. The van der Waals surface area contributed by atoms with Gasteiger partial charge in [-0.25, -0.2) is 0 Å². The lowest BCUT2D eigenvalue weighted by atomic mass is 10.1. The highest BCUT2D eigenvalue weighted by molar-refractivity contribution is 14.1. The molecule has 15 heavy (non-hydrogen) atoms. The van der Waals surface area contributed by atoms with E-state index in [1.165, 1.54) is 14.7 Å². The third-order valence-electron chi connectivity index (χ3n) is 2.24. The van der Waals surface area contributed by atoms with Crippen molar-refractivity contribution >= 4 is 49.9 Å². The average molecular weight is 393 g/mol. The van der Waals surface area contributed by atoms with E-state index in [1.54, 1.807) is 11.3 Å². The Morgan fingerprint density at radius 2 is 2.07 bits per heavy atom. The van der Waals surface area contributed by atoms with Gasteiger partial charge < -0.3 is 0 Å². The van der Waals surface area contributed by atoms with E-state index in [4.69, 9.17) is 0 Å². The van der Waals surface area contributed by atoms with Crippen molar-refractivity contribution in [2.75, 3.05) is 0 Å². The van der Waals surface area contributed by atoms with Crippen molar-refractivity contribution < 1.29 is 0 Å². The second kappa shape index (κ2) is 5.46. The molecule has 1 aromatic heterocycles. The minimum atomic E-state index is 0.417. The van der Waals surface area contributed by atoms with Gasteiger partial charge in [-0.3, -0.25) is 0 Å². The van der Waals surface area contributed by atoms with Gasteiger partial charge >= 0.3 is 0 Å². The minimum absolute atomic E-state index is 0.417. The molecule has 3 heteroatoms. The van der Waals surface area contributed by atoms with Crippen molar-refractivity contribution in [1.82, 2.24) is 0 Å². The Labute approximate surface area is 116 Å². The van der Waals surface area contributed by atoms with Crippen LogP contribution >= 0.6 is 49.9 Å². The number of rotatable bonds is 3. The molecule has 0 nitrogen and oxygen atoms in total. The summed E-state index contributed by atoms with van der Waals surface area (Å²) in [7, 11) is 0. The summed E-state index contributed by atoms with van der Waals surface area (Å²) in [6, 6.07) is 10.7. The van der Waals surface area contributed by atoms with Crippen LogP contribution in [0.3, 0.4) is 0 Å². The summed E-state index contributed by atoms with van der Waals surface area (Å²) in [5.74, 6) is 0. The number of thiophene rings is 1. The number of benzene rings is 1. The fourth-order valence-electron chi connectivity index (χ4n) is 1.45. The lowest BCUT2D eigenvalue weighted by Crippen LogP contribution is -1.96. The minimum Gasteiger partial charge on any atom is -0.152 e. The second-order valence-corrected chi connectivity index (χ2v) is 6.37. The fraction of sp³-hybridized carbons (Fsp3) is 0.167. The molecule has 0 radical (unpaired) electrons. The van der Waals surface area contributed by atoms with Crippen molar-refractivity contribution in [3.8, 4) is 0 Å². The fourth-order valence-corrected chi connectivity index (χ4v) is 4.10. The Hall–Kier alpha value is 0.130.